The second-order valence-electron chi connectivity index (χ2n) is 6.68. The summed E-state index contributed by atoms with van der Waals surface area (Å²) in [6.45, 7) is 18.7. The van der Waals surface area contributed by atoms with Gasteiger partial charge in [0.2, 0.25) is 0 Å². The normalized spacial score (nSPS) is 15.9. The molecule has 1 N–H and O–H groups in total. The van der Waals surface area contributed by atoms with Crippen LogP contribution in [0.4, 0.5) is 0 Å². The number of rotatable bonds is 9. The summed E-state index contributed by atoms with van der Waals surface area (Å²) >= 11 is 0. The average Bonchev–Trinajstić information content (AvgIpc) is 2.15. The third-order valence-corrected chi connectivity index (χ3v) is 3.31. The van der Waals surface area contributed by atoms with E-state index < -0.39 is 0 Å². The monoisotopic (exact) mass is 242 g/mol. The SMILES string of the molecule is CCC(C)(CNC)CN(CC(C)C)CC(C)C. The van der Waals surface area contributed by atoms with E-state index in [1.54, 1.807) is 0 Å². The molecule has 0 bridgehead atoms. The molecule has 0 aromatic carbocycles. The van der Waals surface area contributed by atoms with E-state index >= 15 is 0 Å². The molecule has 0 aliphatic rings. The second-order valence-corrected chi connectivity index (χ2v) is 6.68. The van der Waals surface area contributed by atoms with Gasteiger partial charge in [0.15, 0.2) is 0 Å². The van der Waals surface area contributed by atoms with Crippen LogP contribution in [-0.2, 0) is 0 Å². The first kappa shape index (κ1) is 16.9. The van der Waals surface area contributed by atoms with Crippen LogP contribution >= 0.6 is 0 Å². The van der Waals surface area contributed by atoms with E-state index in [1.807, 2.05) is 0 Å². The summed E-state index contributed by atoms with van der Waals surface area (Å²) in [4.78, 5) is 2.65. The van der Waals surface area contributed by atoms with Crippen molar-refractivity contribution in [2.24, 2.45) is 17.3 Å². The Kier molecular flexibility index (Phi) is 8.06. The van der Waals surface area contributed by atoms with Crippen molar-refractivity contribution in [3.63, 3.8) is 0 Å². The molecule has 2 nitrogen and oxygen atoms in total. The van der Waals surface area contributed by atoms with Crippen LogP contribution in [0.2, 0.25) is 0 Å². The van der Waals surface area contributed by atoms with E-state index in [1.165, 1.54) is 26.1 Å². The number of hydrogen-bond donors (Lipinski definition) is 1. The van der Waals surface area contributed by atoms with Gasteiger partial charge in [-0.05, 0) is 30.7 Å². The zero-order valence-corrected chi connectivity index (χ0v) is 13.1. The van der Waals surface area contributed by atoms with Crippen molar-refractivity contribution in [3.8, 4) is 0 Å². The van der Waals surface area contributed by atoms with Gasteiger partial charge in [0.25, 0.3) is 0 Å². The van der Waals surface area contributed by atoms with Gasteiger partial charge in [-0.2, -0.15) is 0 Å². The Balaban J connectivity index is 4.47. The minimum Gasteiger partial charge on any atom is -0.319 e. The Hall–Kier alpha value is -0.0800. The number of hydrogen-bond acceptors (Lipinski definition) is 2. The van der Waals surface area contributed by atoms with Gasteiger partial charge in [-0.1, -0.05) is 41.5 Å². The van der Waals surface area contributed by atoms with E-state index in [9.17, 15) is 0 Å². The summed E-state index contributed by atoms with van der Waals surface area (Å²) in [7, 11) is 2.06. The second kappa shape index (κ2) is 8.10. The molecule has 1 atom stereocenters. The molecule has 1 unspecified atom stereocenters. The van der Waals surface area contributed by atoms with Crippen LogP contribution < -0.4 is 5.32 Å². The van der Waals surface area contributed by atoms with Gasteiger partial charge >= 0.3 is 0 Å². The first-order valence-electron chi connectivity index (χ1n) is 7.20. The highest BCUT2D eigenvalue weighted by molar-refractivity contribution is 4.80. The summed E-state index contributed by atoms with van der Waals surface area (Å²) in [6, 6.07) is 0. The fraction of sp³-hybridized carbons (Fsp3) is 1.00. The van der Waals surface area contributed by atoms with Crippen molar-refractivity contribution in [2.75, 3.05) is 33.2 Å². The van der Waals surface area contributed by atoms with Gasteiger partial charge in [0.05, 0.1) is 0 Å². The van der Waals surface area contributed by atoms with Crippen LogP contribution in [0.25, 0.3) is 0 Å². The highest BCUT2D eigenvalue weighted by atomic mass is 15.1. The van der Waals surface area contributed by atoms with E-state index in [-0.39, 0.29) is 0 Å². The average molecular weight is 242 g/mol. The van der Waals surface area contributed by atoms with Crippen LogP contribution in [0.1, 0.15) is 48.0 Å². The van der Waals surface area contributed by atoms with Crippen LogP contribution in [0.3, 0.4) is 0 Å². The van der Waals surface area contributed by atoms with Gasteiger partial charge in [0.1, 0.15) is 0 Å². The molecule has 0 aliphatic carbocycles. The Labute approximate surface area is 109 Å². The van der Waals surface area contributed by atoms with Gasteiger partial charge in [-0.15, -0.1) is 0 Å². The molecular weight excluding hydrogens is 208 g/mol. The molecule has 0 radical (unpaired) electrons. The third-order valence-electron chi connectivity index (χ3n) is 3.31. The Bertz CT molecular complexity index is 179. The number of nitrogens with zero attached hydrogens (tertiary/aromatic N) is 1. The van der Waals surface area contributed by atoms with Crippen LogP contribution in [0.5, 0.6) is 0 Å². The van der Waals surface area contributed by atoms with Crippen LogP contribution in [-0.4, -0.2) is 38.1 Å². The molecule has 0 heterocycles. The molecule has 0 rings (SSSR count). The minimum atomic E-state index is 0.401. The fourth-order valence-corrected chi connectivity index (χ4v) is 2.50. The van der Waals surface area contributed by atoms with E-state index in [2.05, 4.69) is 58.8 Å². The van der Waals surface area contributed by atoms with Crippen molar-refractivity contribution in [1.82, 2.24) is 10.2 Å². The molecule has 2 heteroatoms. The highest BCUT2D eigenvalue weighted by Gasteiger charge is 2.25. The molecule has 0 saturated heterocycles. The molecule has 0 saturated carbocycles. The molecule has 0 aromatic rings. The summed E-state index contributed by atoms with van der Waals surface area (Å²) < 4.78 is 0. The number of nitrogens with one attached hydrogen (secondary N) is 1. The quantitative estimate of drug-likeness (QED) is 0.668. The molecule has 0 amide bonds. The largest absolute Gasteiger partial charge is 0.319 e. The van der Waals surface area contributed by atoms with Gasteiger partial charge < -0.3 is 10.2 Å². The third kappa shape index (κ3) is 7.77. The lowest BCUT2D eigenvalue weighted by Gasteiger charge is -2.36. The maximum atomic E-state index is 3.34. The Morgan fingerprint density at radius 3 is 1.82 bits per heavy atom. The van der Waals surface area contributed by atoms with Crippen molar-refractivity contribution >= 4 is 0 Å². The lowest BCUT2D eigenvalue weighted by atomic mass is 9.86. The fourth-order valence-electron chi connectivity index (χ4n) is 2.50. The smallest absolute Gasteiger partial charge is 0.00476 e. The molecule has 104 valence electrons. The maximum Gasteiger partial charge on any atom is 0.00476 e. The van der Waals surface area contributed by atoms with Crippen molar-refractivity contribution in [1.29, 1.82) is 0 Å². The molecule has 0 fully saturated rings. The van der Waals surface area contributed by atoms with Crippen molar-refractivity contribution in [2.45, 2.75) is 48.0 Å². The first-order chi connectivity index (χ1) is 7.83. The van der Waals surface area contributed by atoms with E-state index in [0.29, 0.717) is 5.41 Å². The maximum absolute atomic E-state index is 3.34. The zero-order chi connectivity index (χ0) is 13.5. The molecule has 0 aliphatic heterocycles. The summed E-state index contributed by atoms with van der Waals surface area (Å²) in [5, 5.41) is 3.34. The molecule has 0 spiro atoms. The standard InChI is InChI=1S/C15H34N2/c1-8-15(6,11-16-7)12-17(9-13(2)3)10-14(4)5/h13-14,16H,8-12H2,1-7H3. The lowest BCUT2D eigenvalue weighted by Crippen LogP contribution is -2.43. The van der Waals surface area contributed by atoms with Crippen molar-refractivity contribution in [3.05, 3.63) is 0 Å². The first-order valence-corrected chi connectivity index (χ1v) is 7.20. The highest BCUT2D eigenvalue weighted by Crippen LogP contribution is 2.22. The van der Waals surface area contributed by atoms with Gasteiger partial charge in [-0.3, -0.25) is 0 Å². The van der Waals surface area contributed by atoms with E-state index in [4.69, 9.17) is 0 Å². The molecular formula is C15H34N2. The summed E-state index contributed by atoms with van der Waals surface area (Å²) in [6.07, 6.45) is 1.24. The summed E-state index contributed by atoms with van der Waals surface area (Å²) in [5.74, 6) is 1.51. The van der Waals surface area contributed by atoms with E-state index in [0.717, 1.165) is 18.4 Å². The van der Waals surface area contributed by atoms with Crippen LogP contribution in [0, 0.1) is 17.3 Å². The Morgan fingerprint density at radius 1 is 1.06 bits per heavy atom. The molecule has 17 heavy (non-hydrogen) atoms. The Morgan fingerprint density at radius 2 is 1.53 bits per heavy atom. The van der Waals surface area contributed by atoms with Gasteiger partial charge in [0, 0.05) is 26.2 Å². The predicted molar refractivity (Wildman–Crippen MR) is 78.4 cm³/mol. The minimum absolute atomic E-state index is 0.401. The summed E-state index contributed by atoms with van der Waals surface area (Å²) in [5.41, 5.74) is 0.401. The lowest BCUT2D eigenvalue weighted by molar-refractivity contribution is 0.132. The molecule has 0 aromatic heterocycles. The topological polar surface area (TPSA) is 15.3 Å². The van der Waals surface area contributed by atoms with Crippen LogP contribution in [0.15, 0.2) is 0 Å². The van der Waals surface area contributed by atoms with Crippen molar-refractivity contribution < 1.29 is 0 Å². The zero-order valence-electron chi connectivity index (χ0n) is 13.1. The predicted octanol–water partition coefficient (Wildman–Crippen LogP) is 3.24. The van der Waals surface area contributed by atoms with Gasteiger partial charge in [-0.25, -0.2) is 0 Å².